The van der Waals surface area contributed by atoms with Crippen molar-refractivity contribution in [3.63, 3.8) is 0 Å². The predicted octanol–water partition coefficient (Wildman–Crippen LogP) is 7.55. The van der Waals surface area contributed by atoms with E-state index in [1.165, 1.54) is 64.2 Å². The monoisotopic (exact) mass is 442 g/mol. The van der Waals surface area contributed by atoms with Crippen LogP contribution in [0.1, 0.15) is 112 Å². The molecule has 1 heterocycles. The Balaban J connectivity index is 1.38. The number of fused-ring (bicyclic) bond motifs is 4. The van der Waals surface area contributed by atoms with Gasteiger partial charge in [0.05, 0.1) is 19.3 Å². The van der Waals surface area contributed by atoms with Crippen molar-refractivity contribution in [3.8, 4) is 0 Å². The molecule has 2 nitrogen and oxygen atoms in total. The maximum atomic E-state index is 10.8. The van der Waals surface area contributed by atoms with Crippen LogP contribution >= 0.6 is 0 Å². The molecule has 7 atom stereocenters. The fourth-order valence-corrected chi connectivity index (χ4v) is 10.0. The first kappa shape index (κ1) is 23.4. The summed E-state index contributed by atoms with van der Waals surface area (Å²) in [6.07, 6.45) is 14.3. The lowest BCUT2D eigenvalue weighted by Crippen LogP contribution is -2.55. The van der Waals surface area contributed by atoms with Crippen molar-refractivity contribution in [2.75, 3.05) is 13.2 Å². The third-order valence-electron chi connectivity index (χ3n) is 12.5. The Labute approximate surface area is 198 Å². The molecule has 5 aliphatic rings. The van der Waals surface area contributed by atoms with E-state index in [1.807, 2.05) is 11.1 Å². The van der Waals surface area contributed by atoms with E-state index >= 15 is 0 Å². The Morgan fingerprint density at radius 1 is 0.938 bits per heavy atom. The quantitative estimate of drug-likeness (QED) is 0.445. The van der Waals surface area contributed by atoms with Gasteiger partial charge in [-0.05, 0) is 97.2 Å². The van der Waals surface area contributed by atoms with Crippen molar-refractivity contribution in [1.82, 2.24) is 0 Å². The topological polar surface area (TPSA) is 29.5 Å². The molecule has 1 saturated heterocycles. The van der Waals surface area contributed by atoms with Crippen LogP contribution in [0.2, 0.25) is 0 Å². The van der Waals surface area contributed by atoms with Crippen LogP contribution in [0.25, 0.3) is 0 Å². The molecule has 1 N–H and O–H groups in total. The van der Waals surface area contributed by atoms with Crippen LogP contribution in [-0.2, 0) is 4.74 Å². The van der Waals surface area contributed by atoms with Crippen LogP contribution in [0, 0.1) is 45.3 Å². The lowest BCUT2D eigenvalue weighted by Gasteiger charge is -2.62. The molecule has 2 heteroatoms. The largest absolute Gasteiger partial charge is 0.393 e. The first-order valence-electron chi connectivity index (χ1n) is 14.0. The van der Waals surface area contributed by atoms with E-state index in [4.69, 9.17) is 4.74 Å². The third-order valence-corrected chi connectivity index (χ3v) is 12.5. The zero-order valence-corrected chi connectivity index (χ0v) is 21.9. The van der Waals surface area contributed by atoms with E-state index < -0.39 is 0 Å². The molecule has 0 aromatic rings. The predicted molar refractivity (Wildman–Crippen MR) is 132 cm³/mol. The summed E-state index contributed by atoms with van der Waals surface area (Å²) in [4.78, 5) is 0. The van der Waals surface area contributed by atoms with Crippen molar-refractivity contribution >= 4 is 0 Å². The van der Waals surface area contributed by atoms with Gasteiger partial charge in [-0.3, -0.25) is 0 Å². The van der Waals surface area contributed by atoms with Gasteiger partial charge >= 0.3 is 0 Å². The van der Waals surface area contributed by atoms with Gasteiger partial charge in [-0.25, -0.2) is 0 Å². The fourth-order valence-electron chi connectivity index (χ4n) is 10.0. The van der Waals surface area contributed by atoms with Gasteiger partial charge in [-0.1, -0.05) is 65.5 Å². The number of aliphatic hydroxyl groups is 1. The molecule has 2 saturated carbocycles. The van der Waals surface area contributed by atoms with Gasteiger partial charge in [0.25, 0.3) is 0 Å². The molecule has 0 bridgehead atoms. The zero-order chi connectivity index (χ0) is 22.9. The molecular formula is C30H50O2. The number of aliphatic hydroxyl groups excluding tert-OH is 1. The van der Waals surface area contributed by atoms with Gasteiger partial charge in [0, 0.05) is 5.92 Å². The number of rotatable bonds is 5. The molecule has 0 aromatic heterocycles. The van der Waals surface area contributed by atoms with Crippen LogP contribution in [-0.4, -0.2) is 24.4 Å². The van der Waals surface area contributed by atoms with Crippen molar-refractivity contribution in [3.05, 3.63) is 11.1 Å². The SMILES string of the molecule is C[C@H](CCCC1COC1)[C@H]1CC[C@@]2(C)C3=C(CC[C@]12C)[C@@]1(C)CC[C@H](O)C(C)(C)[C@@H]1CC3. The lowest BCUT2D eigenvalue weighted by atomic mass is 9.43. The summed E-state index contributed by atoms with van der Waals surface area (Å²) in [6, 6.07) is 0. The summed E-state index contributed by atoms with van der Waals surface area (Å²) in [5, 5.41) is 10.8. The van der Waals surface area contributed by atoms with Crippen LogP contribution < -0.4 is 0 Å². The van der Waals surface area contributed by atoms with Gasteiger partial charge in [0.15, 0.2) is 0 Å². The van der Waals surface area contributed by atoms with Gasteiger partial charge < -0.3 is 9.84 Å². The highest BCUT2D eigenvalue weighted by molar-refractivity contribution is 5.38. The minimum atomic E-state index is -0.129. The molecule has 4 aliphatic carbocycles. The average Bonchev–Trinajstić information content (AvgIpc) is 2.99. The normalized spacial score (nSPS) is 46.8. The summed E-state index contributed by atoms with van der Waals surface area (Å²) in [5.74, 6) is 3.22. The highest BCUT2D eigenvalue weighted by atomic mass is 16.5. The maximum absolute atomic E-state index is 10.8. The summed E-state index contributed by atoms with van der Waals surface area (Å²) in [7, 11) is 0. The zero-order valence-electron chi connectivity index (χ0n) is 21.9. The number of hydrogen-bond acceptors (Lipinski definition) is 2. The molecule has 3 fully saturated rings. The van der Waals surface area contributed by atoms with Crippen molar-refractivity contribution in [1.29, 1.82) is 0 Å². The Bertz CT molecular complexity index is 763. The molecular weight excluding hydrogens is 392 g/mol. The third kappa shape index (κ3) is 3.17. The summed E-state index contributed by atoms with van der Waals surface area (Å²) in [5.41, 5.74) is 4.97. The molecule has 0 radical (unpaired) electrons. The fraction of sp³-hybridized carbons (Fsp3) is 0.933. The number of hydrogen-bond donors (Lipinski definition) is 1. The number of ether oxygens (including phenoxy) is 1. The van der Waals surface area contributed by atoms with Gasteiger partial charge in [-0.2, -0.15) is 0 Å². The highest BCUT2D eigenvalue weighted by Gasteiger charge is 2.63. The van der Waals surface area contributed by atoms with Crippen LogP contribution in [0.5, 0.6) is 0 Å². The van der Waals surface area contributed by atoms with Crippen molar-refractivity contribution in [2.45, 2.75) is 118 Å². The van der Waals surface area contributed by atoms with Crippen LogP contribution in [0.15, 0.2) is 11.1 Å². The summed E-state index contributed by atoms with van der Waals surface area (Å²) < 4.78 is 5.39. The van der Waals surface area contributed by atoms with Crippen LogP contribution in [0.3, 0.4) is 0 Å². The summed E-state index contributed by atoms with van der Waals surface area (Å²) >= 11 is 0. The Kier molecular flexibility index (Phi) is 5.73. The Hall–Kier alpha value is -0.340. The lowest BCUT2D eigenvalue weighted by molar-refractivity contribution is -0.0962. The Morgan fingerprint density at radius 2 is 1.69 bits per heavy atom. The second-order valence-electron chi connectivity index (χ2n) is 14.0. The van der Waals surface area contributed by atoms with E-state index in [-0.39, 0.29) is 11.5 Å². The molecule has 5 rings (SSSR count). The molecule has 0 amide bonds. The average molecular weight is 443 g/mol. The van der Waals surface area contributed by atoms with Gasteiger partial charge in [0.1, 0.15) is 0 Å². The number of allylic oxidation sites excluding steroid dienone is 2. The highest BCUT2D eigenvalue weighted by Crippen LogP contribution is 2.72. The minimum Gasteiger partial charge on any atom is -0.393 e. The van der Waals surface area contributed by atoms with E-state index in [9.17, 15) is 5.11 Å². The van der Waals surface area contributed by atoms with Crippen LogP contribution in [0.4, 0.5) is 0 Å². The molecule has 0 spiro atoms. The van der Waals surface area contributed by atoms with E-state index in [1.54, 1.807) is 0 Å². The van der Waals surface area contributed by atoms with Crippen molar-refractivity contribution < 1.29 is 9.84 Å². The molecule has 0 aromatic carbocycles. The summed E-state index contributed by atoms with van der Waals surface area (Å²) in [6.45, 7) is 17.2. The maximum Gasteiger partial charge on any atom is 0.0594 e. The smallest absolute Gasteiger partial charge is 0.0594 e. The van der Waals surface area contributed by atoms with E-state index in [0.29, 0.717) is 22.2 Å². The molecule has 182 valence electrons. The van der Waals surface area contributed by atoms with E-state index in [0.717, 1.165) is 37.4 Å². The molecule has 0 unspecified atom stereocenters. The first-order chi connectivity index (χ1) is 15.0. The van der Waals surface area contributed by atoms with Gasteiger partial charge in [-0.15, -0.1) is 0 Å². The van der Waals surface area contributed by atoms with Crippen molar-refractivity contribution in [2.24, 2.45) is 45.3 Å². The molecule has 32 heavy (non-hydrogen) atoms. The standard InChI is InChI=1S/C30H50O2/c1-20(8-7-9-21-18-32-19-21)22-12-16-30(6)24-10-11-25-27(2,3)26(31)14-15-28(25,4)23(24)13-17-29(22,30)5/h20-22,25-26,31H,7-19H2,1-6H3/t20-,22-,25+,26+,28-,29-,30+/m1/s1. The van der Waals surface area contributed by atoms with Gasteiger partial charge in [0.2, 0.25) is 0 Å². The second kappa shape index (κ2) is 7.84. The van der Waals surface area contributed by atoms with E-state index in [2.05, 4.69) is 41.5 Å². The second-order valence-corrected chi connectivity index (χ2v) is 14.0. The Morgan fingerprint density at radius 3 is 2.38 bits per heavy atom. The minimum absolute atomic E-state index is 0.0470. The molecule has 1 aliphatic heterocycles. The first-order valence-corrected chi connectivity index (χ1v) is 14.0.